The number of hydrogen-bond acceptors (Lipinski definition) is 5. The number of benzene rings is 2. The van der Waals surface area contributed by atoms with Crippen LogP contribution in [0, 0.1) is 0 Å². The van der Waals surface area contributed by atoms with E-state index in [0.717, 1.165) is 0 Å². The molecule has 0 aromatic heterocycles. The van der Waals surface area contributed by atoms with Crippen LogP contribution in [0.25, 0.3) is 0 Å². The van der Waals surface area contributed by atoms with Crippen LogP contribution in [0.3, 0.4) is 0 Å². The van der Waals surface area contributed by atoms with Gasteiger partial charge in [-0.3, -0.25) is 4.79 Å². The first-order chi connectivity index (χ1) is 14.0. The molecule has 0 aliphatic rings. The molecule has 2 aromatic rings. The SMILES string of the molecule is CC(O)(C(=O)Nc1ccc(S(=O)c2ccc(OCCCO)cc2)cc1Cl)C(F)(F)F. The number of aliphatic hydroxyl groups excluding tert-OH is 1. The van der Waals surface area contributed by atoms with Gasteiger partial charge in [0.1, 0.15) is 5.75 Å². The molecule has 0 radical (unpaired) electrons. The maximum absolute atomic E-state index is 12.8. The van der Waals surface area contributed by atoms with Crippen molar-refractivity contribution in [2.24, 2.45) is 0 Å². The van der Waals surface area contributed by atoms with Crippen molar-refractivity contribution in [2.45, 2.75) is 34.9 Å². The molecule has 1 amide bonds. The minimum Gasteiger partial charge on any atom is -0.494 e. The Morgan fingerprint density at radius 3 is 2.30 bits per heavy atom. The van der Waals surface area contributed by atoms with Crippen molar-refractivity contribution < 1.29 is 37.1 Å². The minimum absolute atomic E-state index is 0.00700. The first kappa shape index (κ1) is 24.1. The third-order valence-corrected chi connectivity index (χ3v) is 5.70. The number of aliphatic hydroxyl groups is 2. The van der Waals surface area contributed by atoms with Gasteiger partial charge in [0.05, 0.1) is 28.1 Å². The molecule has 0 spiro atoms. The number of ether oxygens (including phenoxy) is 1. The van der Waals surface area contributed by atoms with E-state index in [1.165, 1.54) is 18.2 Å². The van der Waals surface area contributed by atoms with Crippen LogP contribution in [0.2, 0.25) is 5.02 Å². The Morgan fingerprint density at radius 2 is 1.77 bits per heavy atom. The molecular weight excluding hydrogens is 447 g/mol. The molecule has 0 heterocycles. The zero-order valence-corrected chi connectivity index (χ0v) is 17.3. The summed E-state index contributed by atoms with van der Waals surface area (Å²) in [6, 6.07) is 10.2. The summed E-state index contributed by atoms with van der Waals surface area (Å²) in [6.45, 7) is 0.673. The summed E-state index contributed by atoms with van der Waals surface area (Å²) in [5.41, 5.74) is -3.77. The van der Waals surface area contributed by atoms with Crippen molar-refractivity contribution in [1.82, 2.24) is 0 Å². The quantitative estimate of drug-likeness (QED) is 0.518. The fraction of sp³-hybridized carbons (Fsp3) is 0.316. The van der Waals surface area contributed by atoms with Gasteiger partial charge in [-0.15, -0.1) is 0 Å². The fourth-order valence-corrected chi connectivity index (χ4v) is 3.50. The Kier molecular flexibility index (Phi) is 7.87. The van der Waals surface area contributed by atoms with E-state index in [9.17, 15) is 27.3 Å². The molecule has 2 aromatic carbocycles. The van der Waals surface area contributed by atoms with Crippen LogP contribution in [0.5, 0.6) is 5.75 Å². The van der Waals surface area contributed by atoms with Crippen LogP contribution in [-0.4, -0.2) is 45.3 Å². The number of alkyl halides is 3. The Labute approximate surface area is 178 Å². The number of carbonyl (C=O) groups is 1. The maximum atomic E-state index is 12.8. The Balaban J connectivity index is 2.13. The second kappa shape index (κ2) is 9.78. The number of amides is 1. The molecule has 164 valence electrons. The highest BCUT2D eigenvalue weighted by Crippen LogP contribution is 2.33. The summed E-state index contributed by atoms with van der Waals surface area (Å²) < 4.78 is 56.4. The predicted molar refractivity (Wildman–Crippen MR) is 105 cm³/mol. The van der Waals surface area contributed by atoms with Crippen LogP contribution in [0.4, 0.5) is 18.9 Å². The molecule has 2 unspecified atom stereocenters. The molecule has 0 saturated heterocycles. The number of nitrogens with one attached hydrogen (secondary N) is 1. The van der Waals surface area contributed by atoms with E-state index in [0.29, 0.717) is 30.6 Å². The van der Waals surface area contributed by atoms with Gasteiger partial charge < -0.3 is 20.3 Å². The Bertz CT molecular complexity index is 919. The lowest BCUT2D eigenvalue weighted by Gasteiger charge is -2.25. The largest absolute Gasteiger partial charge is 0.494 e. The predicted octanol–water partition coefficient (Wildman–Crippen LogP) is 3.52. The average molecular weight is 466 g/mol. The summed E-state index contributed by atoms with van der Waals surface area (Å²) in [5.74, 6) is -1.15. The molecule has 2 atom stereocenters. The van der Waals surface area contributed by atoms with Crippen LogP contribution < -0.4 is 10.1 Å². The molecule has 0 saturated carbocycles. The van der Waals surface area contributed by atoms with Gasteiger partial charge in [-0.1, -0.05) is 11.6 Å². The van der Waals surface area contributed by atoms with E-state index in [1.807, 2.05) is 5.32 Å². The third-order valence-electron chi connectivity index (χ3n) is 4.01. The standard InChI is InChI=1S/C19H19ClF3NO5S/c1-18(27,19(21,22)23)17(26)24-16-8-7-14(11-15(16)20)30(28)13-5-3-12(4-6-13)29-10-2-9-25/h3-8,11,25,27H,2,9-10H2,1H3,(H,24,26). The van der Waals surface area contributed by atoms with E-state index in [-0.39, 0.29) is 22.2 Å². The summed E-state index contributed by atoms with van der Waals surface area (Å²) in [7, 11) is -1.65. The second-order valence-corrected chi connectivity index (χ2v) is 8.22. The van der Waals surface area contributed by atoms with E-state index < -0.39 is 28.5 Å². The molecule has 3 N–H and O–H groups in total. The fourth-order valence-electron chi connectivity index (χ4n) is 2.14. The van der Waals surface area contributed by atoms with Gasteiger partial charge in [0.25, 0.3) is 5.91 Å². The average Bonchev–Trinajstić information content (AvgIpc) is 2.68. The lowest BCUT2D eigenvalue weighted by Crippen LogP contribution is -2.52. The van der Waals surface area contributed by atoms with Crippen LogP contribution >= 0.6 is 11.6 Å². The van der Waals surface area contributed by atoms with Crippen molar-refractivity contribution in [3.05, 3.63) is 47.5 Å². The lowest BCUT2D eigenvalue weighted by atomic mass is 10.1. The molecule has 11 heteroatoms. The topological polar surface area (TPSA) is 95.9 Å². The smallest absolute Gasteiger partial charge is 0.426 e. The van der Waals surface area contributed by atoms with Crippen LogP contribution in [-0.2, 0) is 15.6 Å². The summed E-state index contributed by atoms with van der Waals surface area (Å²) in [4.78, 5) is 12.5. The number of halogens is 4. The van der Waals surface area contributed by atoms with Crippen molar-refractivity contribution >= 4 is 34.0 Å². The van der Waals surface area contributed by atoms with Crippen LogP contribution in [0.15, 0.2) is 52.3 Å². The number of rotatable bonds is 8. The molecule has 0 bridgehead atoms. The summed E-state index contributed by atoms with van der Waals surface area (Å²) in [5, 5.41) is 19.9. The van der Waals surface area contributed by atoms with Gasteiger partial charge in [0.15, 0.2) is 0 Å². The first-order valence-electron chi connectivity index (χ1n) is 8.63. The van der Waals surface area contributed by atoms with Gasteiger partial charge in [-0.05, 0) is 49.4 Å². The van der Waals surface area contributed by atoms with Crippen molar-refractivity contribution in [2.75, 3.05) is 18.5 Å². The third kappa shape index (κ3) is 5.72. The minimum atomic E-state index is -5.17. The molecule has 0 fully saturated rings. The van der Waals surface area contributed by atoms with Gasteiger partial charge in [0, 0.05) is 22.8 Å². The highest BCUT2D eigenvalue weighted by Gasteiger charge is 2.55. The van der Waals surface area contributed by atoms with E-state index >= 15 is 0 Å². The highest BCUT2D eigenvalue weighted by atomic mass is 35.5. The zero-order valence-electron chi connectivity index (χ0n) is 15.7. The first-order valence-corrected chi connectivity index (χ1v) is 10.2. The lowest BCUT2D eigenvalue weighted by molar-refractivity contribution is -0.242. The van der Waals surface area contributed by atoms with Gasteiger partial charge in [-0.2, -0.15) is 13.2 Å². The second-order valence-electron chi connectivity index (χ2n) is 6.33. The van der Waals surface area contributed by atoms with Gasteiger partial charge in [-0.25, -0.2) is 4.21 Å². The molecule has 0 aliphatic carbocycles. The molecule has 6 nitrogen and oxygen atoms in total. The Morgan fingerprint density at radius 1 is 1.17 bits per heavy atom. The summed E-state index contributed by atoms with van der Waals surface area (Å²) >= 11 is 6.01. The molecule has 0 aliphatic heterocycles. The number of anilines is 1. The van der Waals surface area contributed by atoms with E-state index in [4.69, 9.17) is 21.4 Å². The van der Waals surface area contributed by atoms with Gasteiger partial charge in [0.2, 0.25) is 5.60 Å². The molecular formula is C19H19ClF3NO5S. The monoisotopic (exact) mass is 465 g/mol. The zero-order chi connectivity index (χ0) is 22.5. The maximum Gasteiger partial charge on any atom is 0.426 e. The molecule has 30 heavy (non-hydrogen) atoms. The summed E-state index contributed by atoms with van der Waals surface area (Å²) in [6.07, 6.45) is -4.69. The number of hydrogen-bond donors (Lipinski definition) is 3. The Hall–Kier alpha value is -2.14. The molecule has 2 rings (SSSR count). The van der Waals surface area contributed by atoms with Crippen molar-refractivity contribution in [3.63, 3.8) is 0 Å². The normalized spacial score (nSPS) is 14.6. The van der Waals surface area contributed by atoms with Crippen LogP contribution in [0.1, 0.15) is 13.3 Å². The van der Waals surface area contributed by atoms with Crippen molar-refractivity contribution in [1.29, 1.82) is 0 Å². The van der Waals surface area contributed by atoms with Gasteiger partial charge >= 0.3 is 6.18 Å². The van der Waals surface area contributed by atoms with E-state index in [2.05, 4.69) is 0 Å². The highest BCUT2D eigenvalue weighted by molar-refractivity contribution is 7.85. The number of carbonyl (C=O) groups excluding carboxylic acids is 1. The van der Waals surface area contributed by atoms with Crippen molar-refractivity contribution in [3.8, 4) is 5.75 Å². The van der Waals surface area contributed by atoms with E-state index in [1.54, 1.807) is 24.3 Å².